The Morgan fingerprint density at radius 2 is 1.50 bits per heavy atom. The smallest absolute Gasteiger partial charge is 0.130 e. The number of hydrogen-bond acceptors (Lipinski definition) is 3. The first-order valence-corrected chi connectivity index (χ1v) is 5.66. The molecule has 0 aliphatic heterocycles. The van der Waals surface area contributed by atoms with Gasteiger partial charge in [0.15, 0.2) is 0 Å². The number of rotatable bonds is 3. The summed E-state index contributed by atoms with van der Waals surface area (Å²) in [5.41, 5.74) is 3.52. The van der Waals surface area contributed by atoms with Gasteiger partial charge in [0.25, 0.3) is 0 Å². The highest BCUT2D eigenvalue weighted by atomic mass is 16.4. The van der Waals surface area contributed by atoms with Crippen molar-refractivity contribution in [1.82, 2.24) is 0 Å². The van der Waals surface area contributed by atoms with Gasteiger partial charge in [0.2, 0.25) is 0 Å². The van der Waals surface area contributed by atoms with Crippen LogP contribution in [0.4, 0.5) is 0 Å². The lowest BCUT2D eigenvalue weighted by Gasteiger charge is -2.05. The second-order valence-electron chi connectivity index (χ2n) is 4.02. The van der Waals surface area contributed by atoms with Gasteiger partial charge in [0.05, 0.1) is 5.71 Å². The largest absolute Gasteiger partial charge is 0.410 e. The van der Waals surface area contributed by atoms with Crippen LogP contribution in [0.1, 0.15) is 12.5 Å². The molecule has 2 rings (SSSR count). The fraction of sp³-hybridized carbons (Fsp3) is 0.0667. The Hall–Kier alpha value is -2.42. The average molecular weight is 238 g/mol. The summed E-state index contributed by atoms with van der Waals surface area (Å²) in [6.07, 6.45) is 0. The standard InChI is InChI=1S/C15H14N2O/c1-11(16)15(17-18)14-9-7-13(8-10-14)12-5-3-2-4-6-12/h2-10,16,18H,1H3/b16-11?,17-15+. The van der Waals surface area contributed by atoms with Crippen molar-refractivity contribution in [3.8, 4) is 11.1 Å². The van der Waals surface area contributed by atoms with Gasteiger partial charge in [0.1, 0.15) is 5.71 Å². The van der Waals surface area contributed by atoms with Crippen molar-refractivity contribution in [2.24, 2.45) is 5.16 Å². The maximum atomic E-state index is 8.88. The van der Waals surface area contributed by atoms with E-state index in [1.165, 1.54) is 0 Å². The van der Waals surface area contributed by atoms with Crippen molar-refractivity contribution >= 4 is 11.4 Å². The number of hydrogen-bond donors (Lipinski definition) is 2. The van der Waals surface area contributed by atoms with Crippen LogP contribution in [0.3, 0.4) is 0 Å². The Bertz CT molecular complexity index is 571. The van der Waals surface area contributed by atoms with E-state index in [1.807, 2.05) is 54.6 Å². The van der Waals surface area contributed by atoms with E-state index in [0.29, 0.717) is 5.71 Å². The van der Waals surface area contributed by atoms with Crippen LogP contribution in [0.15, 0.2) is 59.8 Å². The summed E-state index contributed by atoms with van der Waals surface area (Å²) < 4.78 is 0. The fourth-order valence-corrected chi connectivity index (χ4v) is 1.80. The molecule has 0 aliphatic rings. The fourth-order valence-electron chi connectivity index (χ4n) is 1.80. The van der Waals surface area contributed by atoms with Crippen LogP contribution in [0.25, 0.3) is 11.1 Å². The summed E-state index contributed by atoms with van der Waals surface area (Å²) in [6, 6.07) is 17.7. The van der Waals surface area contributed by atoms with E-state index in [4.69, 9.17) is 10.6 Å². The third-order valence-electron chi connectivity index (χ3n) is 2.72. The van der Waals surface area contributed by atoms with E-state index >= 15 is 0 Å². The van der Waals surface area contributed by atoms with Crippen LogP contribution < -0.4 is 0 Å². The molecule has 0 amide bonds. The monoisotopic (exact) mass is 238 g/mol. The lowest BCUT2D eigenvalue weighted by atomic mass is 10.0. The molecule has 0 bridgehead atoms. The van der Waals surface area contributed by atoms with E-state index in [1.54, 1.807) is 6.92 Å². The van der Waals surface area contributed by atoms with Crippen LogP contribution in [0.2, 0.25) is 0 Å². The molecule has 0 saturated carbocycles. The van der Waals surface area contributed by atoms with E-state index in [-0.39, 0.29) is 5.71 Å². The predicted molar refractivity (Wildman–Crippen MR) is 73.6 cm³/mol. The Morgan fingerprint density at radius 3 is 2.00 bits per heavy atom. The van der Waals surface area contributed by atoms with Gasteiger partial charge in [-0.3, -0.25) is 0 Å². The summed E-state index contributed by atoms with van der Waals surface area (Å²) in [6.45, 7) is 1.60. The zero-order chi connectivity index (χ0) is 13.0. The molecule has 0 heterocycles. The molecule has 0 unspecified atom stereocenters. The van der Waals surface area contributed by atoms with Gasteiger partial charge in [-0.2, -0.15) is 0 Å². The highest BCUT2D eigenvalue weighted by molar-refractivity contribution is 6.46. The molecule has 0 fully saturated rings. The summed E-state index contributed by atoms with van der Waals surface area (Å²) in [5, 5.41) is 19.6. The molecule has 0 radical (unpaired) electrons. The van der Waals surface area contributed by atoms with E-state index < -0.39 is 0 Å². The summed E-state index contributed by atoms with van der Waals surface area (Å²) in [7, 11) is 0. The van der Waals surface area contributed by atoms with Gasteiger partial charge in [-0.25, -0.2) is 0 Å². The first-order valence-electron chi connectivity index (χ1n) is 5.66. The van der Waals surface area contributed by atoms with Crippen LogP contribution in [0.5, 0.6) is 0 Å². The van der Waals surface area contributed by atoms with Crippen molar-refractivity contribution in [2.75, 3.05) is 0 Å². The van der Waals surface area contributed by atoms with Gasteiger partial charge in [-0.05, 0) is 18.1 Å². The third-order valence-corrected chi connectivity index (χ3v) is 2.72. The summed E-state index contributed by atoms with van der Waals surface area (Å²) >= 11 is 0. The average Bonchev–Trinajstić information content (AvgIpc) is 2.41. The Morgan fingerprint density at radius 1 is 0.944 bits per heavy atom. The molecule has 0 saturated heterocycles. The van der Waals surface area contributed by atoms with Crippen LogP contribution in [-0.4, -0.2) is 16.6 Å². The summed E-state index contributed by atoms with van der Waals surface area (Å²) in [5.74, 6) is 0. The van der Waals surface area contributed by atoms with Gasteiger partial charge in [0, 0.05) is 5.56 Å². The van der Waals surface area contributed by atoms with Gasteiger partial charge in [-0.15, -0.1) is 0 Å². The minimum atomic E-state index is 0.241. The zero-order valence-electron chi connectivity index (χ0n) is 10.1. The molecule has 3 nitrogen and oxygen atoms in total. The van der Waals surface area contributed by atoms with Gasteiger partial charge >= 0.3 is 0 Å². The van der Waals surface area contributed by atoms with Crippen molar-refractivity contribution in [3.63, 3.8) is 0 Å². The quantitative estimate of drug-likeness (QED) is 0.479. The number of oxime groups is 1. The summed E-state index contributed by atoms with van der Waals surface area (Å²) in [4.78, 5) is 0. The lowest BCUT2D eigenvalue weighted by Crippen LogP contribution is -2.10. The number of nitrogens with zero attached hydrogens (tertiary/aromatic N) is 1. The zero-order valence-corrected chi connectivity index (χ0v) is 10.1. The molecule has 18 heavy (non-hydrogen) atoms. The van der Waals surface area contributed by atoms with Crippen LogP contribution in [-0.2, 0) is 0 Å². The van der Waals surface area contributed by atoms with Gasteiger partial charge in [-0.1, -0.05) is 59.8 Å². The second kappa shape index (κ2) is 5.27. The van der Waals surface area contributed by atoms with E-state index in [0.717, 1.165) is 16.7 Å². The second-order valence-corrected chi connectivity index (χ2v) is 4.02. The first-order chi connectivity index (χ1) is 8.72. The Labute approximate surface area is 106 Å². The molecular formula is C15H14N2O. The van der Waals surface area contributed by atoms with Crippen LogP contribution >= 0.6 is 0 Å². The molecule has 0 spiro atoms. The van der Waals surface area contributed by atoms with E-state index in [9.17, 15) is 0 Å². The molecule has 2 N–H and O–H groups in total. The van der Waals surface area contributed by atoms with E-state index in [2.05, 4.69) is 5.16 Å². The maximum absolute atomic E-state index is 8.88. The Balaban J connectivity index is 2.34. The predicted octanol–water partition coefficient (Wildman–Crippen LogP) is 3.57. The topological polar surface area (TPSA) is 56.4 Å². The third kappa shape index (κ3) is 2.46. The maximum Gasteiger partial charge on any atom is 0.130 e. The lowest BCUT2D eigenvalue weighted by molar-refractivity contribution is 0.320. The van der Waals surface area contributed by atoms with Crippen molar-refractivity contribution in [2.45, 2.75) is 6.92 Å². The first kappa shape index (κ1) is 12.0. The molecular weight excluding hydrogens is 224 g/mol. The molecule has 2 aromatic carbocycles. The Kier molecular flexibility index (Phi) is 3.53. The highest BCUT2D eigenvalue weighted by Gasteiger charge is 2.06. The minimum Gasteiger partial charge on any atom is -0.410 e. The molecule has 90 valence electrons. The highest BCUT2D eigenvalue weighted by Crippen LogP contribution is 2.19. The normalized spacial score (nSPS) is 11.3. The minimum absolute atomic E-state index is 0.241. The van der Waals surface area contributed by atoms with Crippen molar-refractivity contribution in [3.05, 3.63) is 60.2 Å². The van der Waals surface area contributed by atoms with Crippen LogP contribution in [0, 0.1) is 5.41 Å². The molecule has 3 heteroatoms. The van der Waals surface area contributed by atoms with Crippen molar-refractivity contribution in [1.29, 1.82) is 5.41 Å². The molecule has 0 aromatic heterocycles. The molecule has 2 aromatic rings. The SMILES string of the molecule is CC(=N)/C(=N\O)c1ccc(-c2ccccc2)cc1. The molecule has 0 atom stereocenters. The molecule has 0 aliphatic carbocycles. The number of nitrogens with one attached hydrogen (secondary N) is 1. The van der Waals surface area contributed by atoms with Gasteiger partial charge < -0.3 is 10.6 Å². The van der Waals surface area contributed by atoms with Crippen molar-refractivity contribution < 1.29 is 5.21 Å². The number of benzene rings is 2.